The summed E-state index contributed by atoms with van der Waals surface area (Å²) in [5.74, 6) is 0.930. The van der Waals surface area contributed by atoms with Gasteiger partial charge in [0.05, 0.1) is 5.01 Å². The second-order valence-corrected chi connectivity index (χ2v) is 6.95. The summed E-state index contributed by atoms with van der Waals surface area (Å²) in [6, 6.07) is 0. The summed E-state index contributed by atoms with van der Waals surface area (Å²) in [6.07, 6.45) is 10.1. The lowest BCUT2D eigenvalue weighted by Crippen LogP contribution is -2.45. The Bertz CT molecular complexity index is 364. The Balaban J connectivity index is 1.83. The highest BCUT2D eigenvalue weighted by Crippen LogP contribution is 2.35. The van der Waals surface area contributed by atoms with Crippen LogP contribution in [0.5, 0.6) is 0 Å². The van der Waals surface area contributed by atoms with Crippen LogP contribution < -0.4 is 5.73 Å². The molecule has 1 saturated carbocycles. The Morgan fingerprint density at radius 1 is 1.44 bits per heavy atom. The monoisotopic (exact) mass is 266 g/mol. The molecule has 1 aromatic rings. The van der Waals surface area contributed by atoms with E-state index in [2.05, 4.69) is 24.2 Å². The van der Waals surface area contributed by atoms with Crippen LogP contribution in [0.2, 0.25) is 0 Å². The maximum absolute atomic E-state index is 6.56. The Morgan fingerprint density at radius 3 is 2.72 bits per heavy atom. The molecule has 0 spiro atoms. The predicted molar refractivity (Wildman–Crippen MR) is 79.0 cm³/mol. The van der Waals surface area contributed by atoms with Crippen LogP contribution in [0.3, 0.4) is 0 Å². The number of unbranched alkanes of at least 4 members (excludes halogenated alkanes) is 1. The third-order valence-corrected chi connectivity index (χ3v) is 5.20. The fourth-order valence-electron chi connectivity index (χ4n) is 3.00. The Labute approximate surface area is 115 Å². The molecule has 3 heteroatoms. The number of rotatable bonds is 5. The fourth-order valence-corrected chi connectivity index (χ4v) is 3.92. The van der Waals surface area contributed by atoms with Crippen LogP contribution in [-0.2, 0) is 6.42 Å². The molecule has 1 aliphatic rings. The van der Waals surface area contributed by atoms with Gasteiger partial charge in [-0.1, -0.05) is 26.2 Å². The lowest BCUT2D eigenvalue weighted by molar-refractivity contribution is 0.221. The molecule has 1 aromatic heterocycles. The summed E-state index contributed by atoms with van der Waals surface area (Å²) in [7, 11) is 0. The smallest absolute Gasteiger partial charge is 0.0946 e. The average molecular weight is 266 g/mol. The summed E-state index contributed by atoms with van der Waals surface area (Å²) >= 11 is 1.77. The first-order valence-corrected chi connectivity index (χ1v) is 8.19. The van der Waals surface area contributed by atoms with Crippen LogP contribution in [-0.4, -0.2) is 10.5 Å². The molecule has 2 rings (SSSR count). The molecular formula is C15H26N2S. The zero-order valence-electron chi connectivity index (χ0n) is 11.7. The second-order valence-electron chi connectivity index (χ2n) is 6.01. The van der Waals surface area contributed by atoms with Gasteiger partial charge in [-0.25, -0.2) is 4.98 Å². The molecule has 0 amide bonds. The molecule has 1 fully saturated rings. The number of hydrogen-bond donors (Lipinski definition) is 1. The molecule has 0 bridgehead atoms. The molecule has 1 heterocycles. The van der Waals surface area contributed by atoms with Gasteiger partial charge in [0, 0.05) is 23.0 Å². The standard InChI is InChI=1S/C15H26N2S/c1-3-4-5-13-6-8-15(16,9-7-13)10-14-17-12(2)11-18-14/h11,13H,3-10,16H2,1-2H3. The maximum Gasteiger partial charge on any atom is 0.0946 e. The molecule has 0 radical (unpaired) electrons. The van der Waals surface area contributed by atoms with Crippen LogP contribution in [0.25, 0.3) is 0 Å². The Kier molecular flexibility index (Phi) is 4.79. The molecule has 102 valence electrons. The van der Waals surface area contributed by atoms with E-state index in [9.17, 15) is 0 Å². The maximum atomic E-state index is 6.56. The molecular weight excluding hydrogens is 240 g/mol. The minimum atomic E-state index is 0.0208. The van der Waals surface area contributed by atoms with Crippen molar-refractivity contribution >= 4 is 11.3 Å². The summed E-state index contributed by atoms with van der Waals surface area (Å²) < 4.78 is 0. The van der Waals surface area contributed by atoms with Crippen molar-refractivity contribution in [2.24, 2.45) is 11.7 Å². The van der Waals surface area contributed by atoms with Gasteiger partial charge in [-0.05, 0) is 38.5 Å². The number of thiazole rings is 1. The molecule has 0 atom stereocenters. The van der Waals surface area contributed by atoms with Crippen molar-refractivity contribution in [1.82, 2.24) is 4.98 Å². The van der Waals surface area contributed by atoms with Crippen LogP contribution in [0.4, 0.5) is 0 Å². The highest BCUT2D eigenvalue weighted by molar-refractivity contribution is 7.09. The summed E-state index contributed by atoms with van der Waals surface area (Å²) in [6.45, 7) is 4.34. The molecule has 0 aliphatic heterocycles. The number of hydrogen-bond acceptors (Lipinski definition) is 3. The van der Waals surface area contributed by atoms with E-state index in [1.165, 1.54) is 50.0 Å². The van der Waals surface area contributed by atoms with Crippen LogP contribution in [0.15, 0.2) is 5.38 Å². The first kappa shape index (κ1) is 14.0. The summed E-state index contributed by atoms with van der Waals surface area (Å²) in [5.41, 5.74) is 7.71. The highest BCUT2D eigenvalue weighted by Gasteiger charge is 2.32. The first-order chi connectivity index (χ1) is 8.61. The number of nitrogens with two attached hydrogens (primary N) is 1. The third kappa shape index (κ3) is 3.79. The zero-order chi connectivity index (χ0) is 13.0. The van der Waals surface area contributed by atoms with Gasteiger partial charge in [0.2, 0.25) is 0 Å². The van der Waals surface area contributed by atoms with E-state index in [1.54, 1.807) is 11.3 Å². The molecule has 2 N–H and O–H groups in total. The SMILES string of the molecule is CCCCC1CCC(N)(Cc2nc(C)cs2)CC1. The molecule has 0 unspecified atom stereocenters. The van der Waals surface area contributed by atoms with E-state index in [4.69, 9.17) is 5.73 Å². The average Bonchev–Trinajstić information content (AvgIpc) is 2.74. The van der Waals surface area contributed by atoms with Gasteiger partial charge >= 0.3 is 0 Å². The molecule has 0 saturated heterocycles. The van der Waals surface area contributed by atoms with E-state index in [0.717, 1.165) is 18.0 Å². The largest absolute Gasteiger partial charge is 0.325 e. The van der Waals surface area contributed by atoms with E-state index >= 15 is 0 Å². The third-order valence-electron chi connectivity index (χ3n) is 4.24. The van der Waals surface area contributed by atoms with Crippen molar-refractivity contribution in [3.05, 3.63) is 16.1 Å². The van der Waals surface area contributed by atoms with Crippen molar-refractivity contribution in [2.45, 2.75) is 70.8 Å². The first-order valence-electron chi connectivity index (χ1n) is 7.31. The lowest BCUT2D eigenvalue weighted by Gasteiger charge is -2.36. The van der Waals surface area contributed by atoms with Crippen molar-refractivity contribution in [1.29, 1.82) is 0 Å². The van der Waals surface area contributed by atoms with Gasteiger partial charge in [0.15, 0.2) is 0 Å². The van der Waals surface area contributed by atoms with E-state index in [0.29, 0.717) is 0 Å². The van der Waals surface area contributed by atoms with Gasteiger partial charge in [0.25, 0.3) is 0 Å². The minimum Gasteiger partial charge on any atom is -0.325 e. The van der Waals surface area contributed by atoms with Gasteiger partial charge in [-0.3, -0.25) is 0 Å². The van der Waals surface area contributed by atoms with Gasteiger partial charge in [-0.2, -0.15) is 0 Å². The Morgan fingerprint density at radius 2 is 2.17 bits per heavy atom. The fraction of sp³-hybridized carbons (Fsp3) is 0.800. The predicted octanol–water partition coefficient (Wildman–Crippen LogP) is 4.07. The normalized spacial score (nSPS) is 28.5. The highest BCUT2D eigenvalue weighted by atomic mass is 32.1. The van der Waals surface area contributed by atoms with E-state index < -0.39 is 0 Å². The van der Waals surface area contributed by atoms with Crippen molar-refractivity contribution in [3.8, 4) is 0 Å². The van der Waals surface area contributed by atoms with Crippen molar-refractivity contribution < 1.29 is 0 Å². The van der Waals surface area contributed by atoms with Crippen LogP contribution in [0.1, 0.15) is 62.6 Å². The number of aromatic nitrogens is 1. The van der Waals surface area contributed by atoms with Crippen LogP contribution >= 0.6 is 11.3 Å². The van der Waals surface area contributed by atoms with Gasteiger partial charge in [-0.15, -0.1) is 11.3 Å². The minimum absolute atomic E-state index is 0.0208. The van der Waals surface area contributed by atoms with Gasteiger partial charge in [0.1, 0.15) is 0 Å². The van der Waals surface area contributed by atoms with Crippen molar-refractivity contribution in [2.75, 3.05) is 0 Å². The summed E-state index contributed by atoms with van der Waals surface area (Å²) in [5, 5.41) is 3.35. The second kappa shape index (κ2) is 6.16. The molecule has 0 aromatic carbocycles. The lowest BCUT2D eigenvalue weighted by atomic mass is 9.74. The molecule has 1 aliphatic carbocycles. The molecule has 18 heavy (non-hydrogen) atoms. The van der Waals surface area contributed by atoms with E-state index in [-0.39, 0.29) is 5.54 Å². The Hall–Kier alpha value is -0.410. The number of aryl methyl sites for hydroxylation is 1. The topological polar surface area (TPSA) is 38.9 Å². The quantitative estimate of drug-likeness (QED) is 0.872. The van der Waals surface area contributed by atoms with Crippen molar-refractivity contribution in [3.63, 3.8) is 0 Å². The zero-order valence-corrected chi connectivity index (χ0v) is 12.6. The summed E-state index contributed by atoms with van der Waals surface area (Å²) in [4.78, 5) is 4.56. The van der Waals surface area contributed by atoms with Gasteiger partial charge < -0.3 is 5.73 Å². The van der Waals surface area contributed by atoms with Crippen LogP contribution in [0, 0.1) is 12.8 Å². The van der Waals surface area contributed by atoms with E-state index in [1.807, 2.05) is 0 Å². The number of nitrogens with zero attached hydrogens (tertiary/aromatic N) is 1. The molecule has 2 nitrogen and oxygen atoms in total.